The monoisotopic (exact) mass is 270 g/mol. The molecule has 0 aliphatic heterocycles. The van der Waals surface area contributed by atoms with Crippen molar-refractivity contribution in [1.29, 1.82) is 0 Å². The van der Waals surface area contributed by atoms with Crippen LogP contribution in [0.4, 0.5) is 4.39 Å². The zero-order chi connectivity index (χ0) is 13.9. The van der Waals surface area contributed by atoms with E-state index in [1.165, 1.54) is 6.07 Å². The Hall–Kier alpha value is -2.63. The van der Waals surface area contributed by atoms with Gasteiger partial charge < -0.3 is 4.52 Å². The van der Waals surface area contributed by atoms with Crippen molar-refractivity contribution in [3.8, 4) is 11.5 Å². The van der Waals surface area contributed by atoms with Crippen molar-refractivity contribution in [1.82, 2.24) is 20.3 Å². The van der Waals surface area contributed by atoms with Crippen molar-refractivity contribution in [2.45, 2.75) is 13.3 Å². The van der Waals surface area contributed by atoms with Gasteiger partial charge in [-0.1, -0.05) is 17.3 Å². The number of halogens is 1. The van der Waals surface area contributed by atoms with Gasteiger partial charge in [0.2, 0.25) is 11.7 Å². The van der Waals surface area contributed by atoms with Gasteiger partial charge in [-0.25, -0.2) is 4.39 Å². The van der Waals surface area contributed by atoms with Crippen LogP contribution in [0.15, 0.2) is 41.1 Å². The van der Waals surface area contributed by atoms with E-state index in [2.05, 4.69) is 20.3 Å². The Morgan fingerprint density at radius 2 is 2.15 bits per heavy atom. The predicted octanol–water partition coefficient (Wildman–Crippen LogP) is 2.56. The average Bonchev–Trinajstić information content (AvgIpc) is 2.92. The lowest BCUT2D eigenvalue weighted by Gasteiger charge is -1.99. The van der Waals surface area contributed by atoms with Crippen LogP contribution in [0.1, 0.15) is 17.0 Å². The highest BCUT2D eigenvalue weighted by molar-refractivity contribution is 5.46. The van der Waals surface area contributed by atoms with E-state index in [0.717, 1.165) is 5.56 Å². The fourth-order valence-corrected chi connectivity index (χ4v) is 1.84. The fraction of sp³-hybridized carbons (Fsp3) is 0.143. The molecule has 0 aliphatic carbocycles. The van der Waals surface area contributed by atoms with Gasteiger partial charge in [0.1, 0.15) is 11.5 Å². The van der Waals surface area contributed by atoms with Gasteiger partial charge >= 0.3 is 0 Å². The molecule has 0 N–H and O–H groups in total. The molecule has 0 fully saturated rings. The molecule has 20 heavy (non-hydrogen) atoms. The topological polar surface area (TPSA) is 64.7 Å². The molecule has 6 heteroatoms. The van der Waals surface area contributed by atoms with Gasteiger partial charge in [0.05, 0.1) is 6.42 Å². The van der Waals surface area contributed by atoms with E-state index in [1.54, 1.807) is 37.4 Å². The van der Waals surface area contributed by atoms with Crippen LogP contribution in [0.2, 0.25) is 0 Å². The summed E-state index contributed by atoms with van der Waals surface area (Å²) in [5.74, 6) is 0.628. The van der Waals surface area contributed by atoms with Crippen molar-refractivity contribution in [3.05, 3.63) is 59.4 Å². The third kappa shape index (κ3) is 2.54. The molecule has 2 heterocycles. The minimum absolute atomic E-state index is 0.223. The molecule has 2 aromatic heterocycles. The first kappa shape index (κ1) is 12.4. The second-order valence-corrected chi connectivity index (χ2v) is 4.38. The molecule has 0 saturated heterocycles. The molecule has 100 valence electrons. The van der Waals surface area contributed by atoms with Gasteiger partial charge in [0.25, 0.3) is 0 Å². The lowest BCUT2D eigenvalue weighted by Crippen LogP contribution is -1.92. The molecular formula is C14H11FN4O. The van der Waals surface area contributed by atoms with Crippen LogP contribution in [0.5, 0.6) is 0 Å². The molecular weight excluding hydrogens is 259 g/mol. The number of aromatic nitrogens is 4. The quantitative estimate of drug-likeness (QED) is 0.731. The predicted molar refractivity (Wildman–Crippen MR) is 69.3 cm³/mol. The smallest absolute Gasteiger partial charge is 0.231 e. The minimum Gasteiger partial charge on any atom is -0.339 e. The van der Waals surface area contributed by atoms with E-state index >= 15 is 0 Å². The summed E-state index contributed by atoms with van der Waals surface area (Å²) in [5, 5.41) is 11.5. The summed E-state index contributed by atoms with van der Waals surface area (Å²) >= 11 is 0. The zero-order valence-corrected chi connectivity index (χ0v) is 10.7. The molecule has 0 amide bonds. The van der Waals surface area contributed by atoms with E-state index in [1.807, 2.05) is 0 Å². The zero-order valence-electron chi connectivity index (χ0n) is 10.7. The Kier molecular flexibility index (Phi) is 3.20. The Bertz CT molecular complexity index is 727. The molecule has 0 bridgehead atoms. The Labute approximate surface area is 114 Å². The third-order valence-electron chi connectivity index (χ3n) is 2.85. The summed E-state index contributed by atoms with van der Waals surface area (Å²) in [6.45, 7) is 1.72. The summed E-state index contributed by atoms with van der Waals surface area (Å²) in [5.41, 5.74) is 2.06. The summed E-state index contributed by atoms with van der Waals surface area (Å²) in [6, 6.07) is 8.41. The maximum atomic E-state index is 13.2. The second-order valence-electron chi connectivity index (χ2n) is 4.38. The van der Waals surface area contributed by atoms with Gasteiger partial charge in [0.15, 0.2) is 0 Å². The van der Waals surface area contributed by atoms with Crippen LogP contribution in [0, 0.1) is 12.7 Å². The fourth-order valence-electron chi connectivity index (χ4n) is 1.84. The maximum absolute atomic E-state index is 13.2. The second kappa shape index (κ2) is 5.16. The number of aryl methyl sites for hydroxylation is 1. The van der Waals surface area contributed by atoms with Crippen LogP contribution in [-0.2, 0) is 6.42 Å². The van der Waals surface area contributed by atoms with Gasteiger partial charge in [-0.3, -0.25) is 0 Å². The SMILES string of the molecule is Cc1cc(Cc2nc(-c3cccnn3)no2)ccc1F. The summed E-state index contributed by atoms with van der Waals surface area (Å²) in [6.07, 6.45) is 2.03. The van der Waals surface area contributed by atoms with Gasteiger partial charge in [-0.15, -0.1) is 5.10 Å². The average molecular weight is 270 g/mol. The van der Waals surface area contributed by atoms with E-state index in [0.29, 0.717) is 29.4 Å². The highest BCUT2D eigenvalue weighted by Crippen LogP contribution is 2.15. The molecule has 3 rings (SSSR count). The number of rotatable bonds is 3. The highest BCUT2D eigenvalue weighted by atomic mass is 19.1. The summed E-state index contributed by atoms with van der Waals surface area (Å²) in [7, 11) is 0. The van der Waals surface area contributed by atoms with Crippen LogP contribution in [0.25, 0.3) is 11.5 Å². The Balaban J connectivity index is 1.82. The first-order valence-corrected chi connectivity index (χ1v) is 6.08. The lowest BCUT2D eigenvalue weighted by molar-refractivity contribution is 0.385. The van der Waals surface area contributed by atoms with Gasteiger partial charge in [0, 0.05) is 6.20 Å². The third-order valence-corrected chi connectivity index (χ3v) is 2.85. The Morgan fingerprint density at radius 1 is 1.25 bits per heavy atom. The van der Waals surface area contributed by atoms with Crippen molar-refractivity contribution in [2.24, 2.45) is 0 Å². The van der Waals surface area contributed by atoms with E-state index < -0.39 is 0 Å². The molecule has 0 spiro atoms. The Morgan fingerprint density at radius 3 is 2.90 bits per heavy atom. The maximum Gasteiger partial charge on any atom is 0.231 e. The molecule has 0 aliphatic rings. The van der Waals surface area contributed by atoms with E-state index in [9.17, 15) is 4.39 Å². The normalized spacial score (nSPS) is 10.7. The number of hydrogen-bond acceptors (Lipinski definition) is 5. The number of nitrogens with zero attached hydrogens (tertiary/aromatic N) is 4. The van der Waals surface area contributed by atoms with Gasteiger partial charge in [-0.2, -0.15) is 10.1 Å². The highest BCUT2D eigenvalue weighted by Gasteiger charge is 2.11. The molecule has 3 aromatic rings. The van der Waals surface area contributed by atoms with Crippen LogP contribution in [-0.4, -0.2) is 20.3 Å². The summed E-state index contributed by atoms with van der Waals surface area (Å²) in [4.78, 5) is 4.25. The lowest BCUT2D eigenvalue weighted by atomic mass is 10.1. The largest absolute Gasteiger partial charge is 0.339 e. The molecule has 5 nitrogen and oxygen atoms in total. The van der Waals surface area contributed by atoms with Crippen LogP contribution in [0.3, 0.4) is 0 Å². The van der Waals surface area contributed by atoms with Gasteiger partial charge in [-0.05, 0) is 36.2 Å². The van der Waals surface area contributed by atoms with Crippen LogP contribution < -0.4 is 0 Å². The van der Waals surface area contributed by atoms with Crippen molar-refractivity contribution in [3.63, 3.8) is 0 Å². The van der Waals surface area contributed by atoms with E-state index in [4.69, 9.17) is 4.52 Å². The van der Waals surface area contributed by atoms with Crippen molar-refractivity contribution < 1.29 is 8.91 Å². The number of benzene rings is 1. The van der Waals surface area contributed by atoms with Crippen molar-refractivity contribution >= 4 is 0 Å². The van der Waals surface area contributed by atoms with Crippen molar-refractivity contribution in [2.75, 3.05) is 0 Å². The summed E-state index contributed by atoms with van der Waals surface area (Å²) < 4.78 is 18.4. The molecule has 0 unspecified atom stereocenters. The minimum atomic E-state index is -0.223. The number of hydrogen-bond donors (Lipinski definition) is 0. The first-order chi connectivity index (χ1) is 9.72. The standard InChI is InChI=1S/C14H11FN4O/c1-9-7-10(4-5-11(9)15)8-13-17-14(19-20-13)12-3-2-6-16-18-12/h2-7H,8H2,1H3. The van der Waals surface area contributed by atoms with E-state index in [-0.39, 0.29) is 5.82 Å². The molecule has 0 radical (unpaired) electrons. The molecule has 0 atom stereocenters. The molecule has 1 aromatic carbocycles. The first-order valence-electron chi connectivity index (χ1n) is 6.08. The van der Waals surface area contributed by atoms with Crippen LogP contribution >= 0.6 is 0 Å². The molecule has 0 saturated carbocycles.